The molecule has 0 atom stereocenters. The van der Waals surface area contributed by atoms with Crippen LogP contribution in [-0.2, 0) is 0 Å². The lowest BCUT2D eigenvalue weighted by atomic mass is 10.1. The van der Waals surface area contributed by atoms with Crippen molar-refractivity contribution in [1.29, 1.82) is 5.41 Å². The maximum absolute atomic E-state index is 13.5. The number of anilines is 1. The van der Waals surface area contributed by atoms with Gasteiger partial charge in [0.1, 0.15) is 5.82 Å². The number of rotatable bonds is 5. The first-order valence-electron chi connectivity index (χ1n) is 9.74. The van der Waals surface area contributed by atoms with Crippen molar-refractivity contribution in [2.75, 3.05) is 18.4 Å². The molecule has 0 saturated carbocycles. The van der Waals surface area contributed by atoms with Gasteiger partial charge in [-0.25, -0.2) is 4.39 Å². The van der Waals surface area contributed by atoms with E-state index in [9.17, 15) is 14.0 Å². The molecule has 3 N–H and O–H groups in total. The number of allylic oxidation sites excluding steroid dienone is 1. The minimum absolute atomic E-state index is 0.0321. The van der Waals surface area contributed by atoms with Crippen LogP contribution in [0, 0.1) is 11.2 Å². The largest absolute Gasteiger partial charge is 0.361 e. The summed E-state index contributed by atoms with van der Waals surface area (Å²) in [5, 5.41) is 11.3. The summed E-state index contributed by atoms with van der Waals surface area (Å²) >= 11 is 0. The van der Waals surface area contributed by atoms with Crippen LogP contribution in [0.1, 0.15) is 28.8 Å². The Morgan fingerprint density at radius 1 is 1.10 bits per heavy atom. The van der Waals surface area contributed by atoms with Crippen LogP contribution in [0.3, 0.4) is 0 Å². The standard InChI is InChI=1S/C23H21FN4O2/c24-18-5-8-21-16(11-18)12-20(22(29)27-21)17(13-25)14-26-19-6-3-15(4-7-19)23(30)28-9-1-2-10-28/h3-8,11-14,25-26H,1-2,9-10H2,(H,27,29)/b17-14+,25-13?. The number of nitrogens with zero attached hydrogens (tertiary/aromatic N) is 1. The fourth-order valence-corrected chi connectivity index (χ4v) is 3.56. The third-order valence-corrected chi connectivity index (χ3v) is 5.19. The van der Waals surface area contributed by atoms with Crippen molar-refractivity contribution in [3.63, 3.8) is 0 Å². The molecular formula is C23H21FN4O2. The fourth-order valence-electron chi connectivity index (χ4n) is 3.56. The second kappa shape index (κ2) is 8.32. The monoisotopic (exact) mass is 404 g/mol. The van der Waals surface area contributed by atoms with E-state index in [1.807, 2.05) is 4.90 Å². The summed E-state index contributed by atoms with van der Waals surface area (Å²) in [5.41, 5.74) is 2.12. The van der Waals surface area contributed by atoms with Gasteiger partial charge in [-0.3, -0.25) is 9.59 Å². The zero-order valence-electron chi connectivity index (χ0n) is 16.2. The number of carbonyl (C=O) groups excluding carboxylic acids is 1. The van der Waals surface area contributed by atoms with Crippen LogP contribution in [0.2, 0.25) is 0 Å². The molecule has 0 unspecified atom stereocenters. The van der Waals surface area contributed by atoms with Gasteiger partial charge in [-0.15, -0.1) is 0 Å². The summed E-state index contributed by atoms with van der Waals surface area (Å²) in [4.78, 5) is 29.4. The van der Waals surface area contributed by atoms with Crippen LogP contribution in [0.15, 0.2) is 59.5 Å². The molecule has 0 aliphatic carbocycles. The number of aromatic nitrogens is 1. The molecule has 30 heavy (non-hydrogen) atoms. The molecule has 1 aromatic heterocycles. The first-order chi connectivity index (χ1) is 14.5. The SMILES string of the molecule is N=C/C(=C\Nc1ccc(C(=O)N2CCCC2)cc1)c1cc2cc(F)ccc2[nH]c1=O. The molecule has 2 heterocycles. The highest BCUT2D eigenvalue weighted by Crippen LogP contribution is 2.18. The minimum atomic E-state index is -0.400. The summed E-state index contributed by atoms with van der Waals surface area (Å²) in [6.45, 7) is 1.60. The third kappa shape index (κ3) is 4.00. The number of carbonyl (C=O) groups is 1. The van der Waals surface area contributed by atoms with E-state index in [1.54, 1.807) is 36.5 Å². The molecule has 4 rings (SSSR count). The van der Waals surface area contributed by atoms with Crippen molar-refractivity contribution in [2.45, 2.75) is 12.8 Å². The Labute approximate surface area is 172 Å². The number of H-pyrrole nitrogens is 1. The Kier molecular flexibility index (Phi) is 5.43. The first-order valence-corrected chi connectivity index (χ1v) is 9.74. The molecule has 2 aromatic carbocycles. The lowest BCUT2D eigenvalue weighted by Gasteiger charge is -2.15. The number of likely N-dealkylation sites (tertiary alicyclic amines) is 1. The summed E-state index contributed by atoms with van der Waals surface area (Å²) in [6, 6.07) is 12.8. The summed E-state index contributed by atoms with van der Waals surface area (Å²) in [5.74, 6) is -0.368. The van der Waals surface area contributed by atoms with Gasteiger partial charge in [0, 0.05) is 53.2 Å². The number of aromatic amines is 1. The highest BCUT2D eigenvalue weighted by Gasteiger charge is 2.19. The average Bonchev–Trinajstić information content (AvgIpc) is 3.29. The van der Waals surface area contributed by atoms with Crippen molar-refractivity contribution < 1.29 is 9.18 Å². The maximum atomic E-state index is 13.5. The zero-order valence-corrected chi connectivity index (χ0v) is 16.2. The number of amides is 1. The predicted octanol–water partition coefficient (Wildman–Crippen LogP) is 4.01. The molecule has 0 bridgehead atoms. The summed E-state index contributed by atoms with van der Waals surface area (Å²) in [7, 11) is 0. The highest BCUT2D eigenvalue weighted by atomic mass is 19.1. The van der Waals surface area contributed by atoms with E-state index in [2.05, 4.69) is 10.3 Å². The number of benzene rings is 2. The first kappa shape index (κ1) is 19.6. The molecule has 6 nitrogen and oxygen atoms in total. The zero-order chi connectivity index (χ0) is 21.1. The molecule has 152 valence electrons. The molecule has 1 aliphatic heterocycles. The number of pyridine rings is 1. The molecular weight excluding hydrogens is 383 g/mol. The van der Waals surface area contributed by atoms with E-state index >= 15 is 0 Å². The van der Waals surface area contributed by atoms with Crippen LogP contribution in [-0.4, -0.2) is 35.1 Å². The lowest BCUT2D eigenvalue weighted by Crippen LogP contribution is -2.27. The Bertz CT molecular complexity index is 1190. The van der Waals surface area contributed by atoms with Gasteiger partial charge in [-0.1, -0.05) is 0 Å². The van der Waals surface area contributed by atoms with Crippen LogP contribution < -0.4 is 10.9 Å². The van der Waals surface area contributed by atoms with Crippen LogP contribution in [0.25, 0.3) is 16.5 Å². The van der Waals surface area contributed by atoms with Crippen LogP contribution >= 0.6 is 0 Å². The fraction of sp³-hybridized carbons (Fsp3) is 0.174. The van der Waals surface area contributed by atoms with Gasteiger partial charge < -0.3 is 20.6 Å². The molecule has 3 aromatic rings. The van der Waals surface area contributed by atoms with E-state index < -0.39 is 5.82 Å². The number of fused-ring (bicyclic) bond motifs is 1. The van der Waals surface area contributed by atoms with Crippen molar-refractivity contribution in [2.24, 2.45) is 0 Å². The molecule has 1 fully saturated rings. The summed E-state index contributed by atoms with van der Waals surface area (Å²) < 4.78 is 13.5. The van der Waals surface area contributed by atoms with Gasteiger partial charge in [0.05, 0.1) is 5.56 Å². The Morgan fingerprint density at radius 3 is 2.53 bits per heavy atom. The van der Waals surface area contributed by atoms with E-state index in [0.717, 1.165) is 37.8 Å². The maximum Gasteiger partial charge on any atom is 0.256 e. The Balaban J connectivity index is 1.55. The van der Waals surface area contributed by atoms with Crippen LogP contribution in [0.4, 0.5) is 10.1 Å². The minimum Gasteiger partial charge on any atom is -0.361 e. The predicted molar refractivity (Wildman–Crippen MR) is 116 cm³/mol. The topological polar surface area (TPSA) is 89.1 Å². The van der Waals surface area contributed by atoms with E-state index in [-0.39, 0.29) is 17.0 Å². The molecule has 7 heteroatoms. The smallest absolute Gasteiger partial charge is 0.256 e. The average molecular weight is 404 g/mol. The molecule has 1 saturated heterocycles. The van der Waals surface area contributed by atoms with E-state index in [4.69, 9.17) is 5.41 Å². The van der Waals surface area contributed by atoms with Gasteiger partial charge in [-0.05, 0) is 61.4 Å². The second-order valence-corrected chi connectivity index (χ2v) is 7.21. The number of nitrogens with one attached hydrogen (secondary N) is 3. The van der Waals surface area contributed by atoms with Gasteiger partial charge in [0.15, 0.2) is 0 Å². The quantitative estimate of drug-likeness (QED) is 0.562. The van der Waals surface area contributed by atoms with Gasteiger partial charge >= 0.3 is 0 Å². The molecule has 1 amide bonds. The number of halogens is 1. The lowest BCUT2D eigenvalue weighted by molar-refractivity contribution is 0.0793. The van der Waals surface area contributed by atoms with Gasteiger partial charge in [-0.2, -0.15) is 0 Å². The van der Waals surface area contributed by atoms with Crippen molar-refractivity contribution in [3.05, 3.63) is 82.0 Å². The van der Waals surface area contributed by atoms with E-state index in [1.165, 1.54) is 18.2 Å². The van der Waals surface area contributed by atoms with Gasteiger partial charge in [0.25, 0.3) is 11.5 Å². The molecule has 0 spiro atoms. The Morgan fingerprint density at radius 2 is 1.83 bits per heavy atom. The van der Waals surface area contributed by atoms with Gasteiger partial charge in [0.2, 0.25) is 0 Å². The van der Waals surface area contributed by atoms with Crippen molar-refractivity contribution >= 4 is 34.3 Å². The molecule has 1 aliphatic rings. The second-order valence-electron chi connectivity index (χ2n) is 7.21. The number of hydrogen-bond acceptors (Lipinski definition) is 4. The highest BCUT2D eigenvalue weighted by molar-refractivity contribution is 6.09. The summed E-state index contributed by atoms with van der Waals surface area (Å²) in [6.07, 6.45) is 4.69. The van der Waals surface area contributed by atoms with E-state index in [0.29, 0.717) is 22.0 Å². The van der Waals surface area contributed by atoms with Crippen LogP contribution in [0.5, 0.6) is 0 Å². The third-order valence-electron chi connectivity index (χ3n) is 5.19. The molecule has 0 radical (unpaired) electrons. The normalized spacial score (nSPS) is 14.2. The Hall–Kier alpha value is -3.74. The number of hydrogen-bond donors (Lipinski definition) is 3. The van der Waals surface area contributed by atoms with Crippen molar-refractivity contribution in [3.8, 4) is 0 Å². The van der Waals surface area contributed by atoms with Crippen molar-refractivity contribution in [1.82, 2.24) is 9.88 Å².